The normalized spacial score (nSPS) is 23.8. The number of pyridine rings is 1. The third-order valence-corrected chi connectivity index (χ3v) is 6.64. The van der Waals surface area contributed by atoms with Crippen LogP contribution in [0.2, 0.25) is 0 Å². The molecule has 0 amide bonds. The Morgan fingerprint density at radius 3 is 2.57 bits per heavy atom. The minimum atomic E-state index is 0. The molecule has 1 aromatic carbocycles. The molecule has 2 aliphatic heterocycles. The topological polar surface area (TPSA) is 33.0 Å². The minimum Gasteiger partial charge on any atom is -0.497 e. The Balaban J connectivity index is 0.00000128. The van der Waals surface area contributed by atoms with Crippen molar-refractivity contribution in [1.29, 1.82) is 0 Å². The van der Waals surface area contributed by atoms with Crippen LogP contribution in [0.25, 0.3) is 5.52 Å². The Morgan fingerprint density at radius 1 is 1.07 bits per heavy atom. The van der Waals surface area contributed by atoms with Crippen molar-refractivity contribution in [2.45, 2.75) is 19.5 Å². The van der Waals surface area contributed by atoms with Gasteiger partial charge in [-0.15, -0.1) is 24.8 Å². The summed E-state index contributed by atoms with van der Waals surface area (Å²) in [4.78, 5) is 5.16. The van der Waals surface area contributed by atoms with Crippen molar-refractivity contribution in [2.24, 2.45) is 11.8 Å². The molecular formula is C23H30Cl2N4O. The highest BCUT2D eigenvalue weighted by Crippen LogP contribution is 2.44. The van der Waals surface area contributed by atoms with Crippen LogP contribution in [0.3, 0.4) is 0 Å². The maximum absolute atomic E-state index is 5.34. The molecule has 4 heterocycles. The van der Waals surface area contributed by atoms with Gasteiger partial charge in [-0.05, 0) is 55.1 Å². The van der Waals surface area contributed by atoms with Crippen LogP contribution in [-0.4, -0.2) is 53.2 Å². The highest BCUT2D eigenvalue weighted by molar-refractivity contribution is 5.85. The predicted molar refractivity (Wildman–Crippen MR) is 125 cm³/mol. The van der Waals surface area contributed by atoms with Crippen LogP contribution in [-0.2, 0) is 6.54 Å². The third-order valence-electron chi connectivity index (χ3n) is 6.64. The van der Waals surface area contributed by atoms with Crippen LogP contribution < -0.4 is 4.74 Å². The minimum absolute atomic E-state index is 0. The zero-order valence-electron chi connectivity index (χ0n) is 17.7. The first-order chi connectivity index (χ1) is 13.6. The smallest absolute Gasteiger partial charge is 0.118 e. The molecule has 0 bridgehead atoms. The molecule has 5 rings (SSSR count). The molecule has 0 saturated carbocycles. The number of nitrogens with zero attached hydrogens (tertiary/aromatic N) is 4. The van der Waals surface area contributed by atoms with Crippen molar-refractivity contribution >= 4 is 30.3 Å². The lowest BCUT2D eigenvalue weighted by molar-refractivity contribution is 0.225. The fourth-order valence-electron chi connectivity index (χ4n) is 5.43. The Kier molecular flexibility index (Phi) is 6.98. The van der Waals surface area contributed by atoms with Crippen molar-refractivity contribution in [3.8, 4) is 5.75 Å². The standard InChI is InChI=1S/C23H28N4O.2ClH/c1-16-5-4-10-27-22(16)18(11-24-27)13-26-14-19-12-25(2)23(21(19)15-26)17-6-8-20(28-3)9-7-17;;/h4-11,19,21,23H,12-15H2,1-3H3;2*1H/t19-,21+,23-;;/m0../s1. The van der Waals surface area contributed by atoms with Crippen molar-refractivity contribution in [3.05, 3.63) is 65.5 Å². The van der Waals surface area contributed by atoms with E-state index in [-0.39, 0.29) is 24.8 Å². The van der Waals surface area contributed by atoms with E-state index in [0.29, 0.717) is 12.0 Å². The van der Waals surface area contributed by atoms with Crippen molar-refractivity contribution in [2.75, 3.05) is 33.8 Å². The molecule has 0 unspecified atom stereocenters. The van der Waals surface area contributed by atoms with Gasteiger partial charge in [0, 0.05) is 44.0 Å². The number of fused-ring (bicyclic) bond motifs is 2. The first-order valence-electron chi connectivity index (χ1n) is 10.1. The number of likely N-dealkylation sites (tertiary alicyclic amines) is 2. The van der Waals surface area contributed by atoms with Gasteiger partial charge < -0.3 is 4.74 Å². The van der Waals surface area contributed by atoms with Crippen LogP contribution in [0.4, 0.5) is 0 Å². The molecule has 30 heavy (non-hydrogen) atoms. The van der Waals surface area contributed by atoms with Gasteiger partial charge in [0.25, 0.3) is 0 Å². The molecule has 0 N–H and O–H groups in total. The van der Waals surface area contributed by atoms with E-state index in [1.54, 1.807) is 7.11 Å². The molecule has 7 heteroatoms. The van der Waals surface area contributed by atoms with Crippen molar-refractivity contribution in [1.82, 2.24) is 19.4 Å². The van der Waals surface area contributed by atoms with E-state index < -0.39 is 0 Å². The van der Waals surface area contributed by atoms with E-state index in [1.807, 2.05) is 16.9 Å². The second kappa shape index (κ2) is 9.15. The fraction of sp³-hybridized carbons (Fsp3) is 0.435. The van der Waals surface area contributed by atoms with Gasteiger partial charge in [0.1, 0.15) is 5.75 Å². The molecule has 0 spiro atoms. The number of methoxy groups -OCH3 is 1. The summed E-state index contributed by atoms with van der Waals surface area (Å²) in [6, 6.07) is 13.4. The summed E-state index contributed by atoms with van der Waals surface area (Å²) < 4.78 is 7.35. The average molecular weight is 449 g/mol. The van der Waals surface area contributed by atoms with Gasteiger partial charge >= 0.3 is 0 Å². The van der Waals surface area contributed by atoms with Gasteiger partial charge in [0.15, 0.2) is 0 Å². The number of aromatic nitrogens is 2. The molecule has 162 valence electrons. The Morgan fingerprint density at radius 2 is 1.83 bits per heavy atom. The summed E-state index contributed by atoms with van der Waals surface area (Å²) in [6.45, 7) is 6.65. The quantitative estimate of drug-likeness (QED) is 0.597. The van der Waals surface area contributed by atoms with E-state index in [4.69, 9.17) is 4.74 Å². The van der Waals surface area contributed by atoms with Gasteiger partial charge in [0.05, 0.1) is 18.8 Å². The average Bonchev–Trinajstić information content (AvgIpc) is 3.35. The van der Waals surface area contributed by atoms with Crippen molar-refractivity contribution in [3.63, 3.8) is 0 Å². The lowest BCUT2D eigenvalue weighted by Crippen LogP contribution is -2.28. The maximum atomic E-state index is 5.34. The molecule has 3 atom stereocenters. The summed E-state index contributed by atoms with van der Waals surface area (Å²) in [7, 11) is 4.00. The second-order valence-corrected chi connectivity index (χ2v) is 8.43. The Hall–Kier alpha value is -1.79. The number of aryl methyl sites for hydroxylation is 1. The number of halogens is 2. The third kappa shape index (κ3) is 3.92. The van der Waals surface area contributed by atoms with E-state index in [0.717, 1.165) is 24.8 Å². The molecule has 2 aliphatic rings. The summed E-state index contributed by atoms with van der Waals surface area (Å²) in [6.07, 6.45) is 4.09. The molecular weight excluding hydrogens is 419 g/mol. The summed E-state index contributed by atoms with van der Waals surface area (Å²) in [5, 5.41) is 4.55. The number of hydrogen-bond acceptors (Lipinski definition) is 4. The number of ether oxygens (including phenoxy) is 1. The van der Waals surface area contributed by atoms with Crippen LogP contribution in [0.15, 0.2) is 48.8 Å². The van der Waals surface area contributed by atoms with Crippen LogP contribution >= 0.6 is 24.8 Å². The molecule has 5 nitrogen and oxygen atoms in total. The Labute approximate surface area is 190 Å². The lowest BCUT2D eigenvalue weighted by atomic mass is 9.89. The van der Waals surface area contributed by atoms with Crippen LogP contribution in [0, 0.1) is 18.8 Å². The van der Waals surface area contributed by atoms with Gasteiger partial charge in [-0.25, -0.2) is 4.52 Å². The Bertz CT molecular complexity index is 991. The molecule has 0 aliphatic carbocycles. The largest absolute Gasteiger partial charge is 0.497 e. The van der Waals surface area contributed by atoms with Gasteiger partial charge in [-0.2, -0.15) is 5.10 Å². The number of benzene rings is 1. The van der Waals surface area contributed by atoms with E-state index in [9.17, 15) is 0 Å². The highest BCUT2D eigenvalue weighted by Gasteiger charge is 2.46. The molecule has 2 saturated heterocycles. The number of rotatable bonds is 4. The van der Waals surface area contributed by atoms with Crippen LogP contribution in [0.1, 0.15) is 22.7 Å². The van der Waals surface area contributed by atoms with Gasteiger partial charge in [-0.3, -0.25) is 9.80 Å². The fourth-order valence-corrected chi connectivity index (χ4v) is 5.43. The first kappa shape index (κ1) is 22.9. The van der Waals surface area contributed by atoms with E-state index >= 15 is 0 Å². The highest BCUT2D eigenvalue weighted by atomic mass is 35.5. The maximum Gasteiger partial charge on any atom is 0.118 e. The lowest BCUT2D eigenvalue weighted by Gasteiger charge is -2.27. The predicted octanol–water partition coefficient (Wildman–Crippen LogP) is 4.23. The number of hydrogen-bond donors (Lipinski definition) is 0. The molecule has 0 radical (unpaired) electrons. The first-order valence-corrected chi connectivity index (χ1v) is 10.1. The van der Waals surface area contributed by atoms with E-state index in [2.05, 4.69) is 65.3 Å². The van der Waals surface area contributed by atoms with Gasteiger partial charge in [-0.1, -0.05) is 18.2 Å². The SMILES string of the molecule is COc1ccc([C@H]2[C@@H]3CN(Cc4cnn5cccc(C)c45)C[C@@H]3CN2C)cc1.Cl.Cl. The van der Waals surface area contributed by atoms with E-state index in [1.165, 1.54) is 35.3 Å². The summed E-state index contributed by atoms with van der Waals surface area (Å²) >= 11 is 0. The zero-order valence-corrected chi connectivity index (χ0v) is 19.3. The van der Waals surface area contributed by atoms with Crippen molar-refractivity contribution < 1.29 is 4.74 Å². The summed E-state index contributed by atoms with van der Waals surface area (Å²) in [5.41, 5.74) is 5.31. The van der Waals surface area contributed by atoms with Gasteiger partial charge in [0.2, 0.25) is 0 Å². The summed E-state index contributed by atoms with van der Waals surface area (Å²) in [5.74, 6) is 2.35. The molecule has 3 aromatic rings. The zero-order chi connectivity index (χ0) is 19.3. The molecule has 2 aromatic heterocycles. The molecule has 2 fully saturated rings. The van der Waals surface area contributed by atoms with Crippen LogP contribution in [0.5, 0.6) is 5.75 Å². The monoisotopic (exact) mass is 448 g/mol. The second-order valence-electron chi connectivity index (χ2n) is 8.43.